The number of nitrogens with one attached hydrogen (secondary N) is 1. The van der Waals surface area contributed by atoms with Crippen LogP contribution in [-0.4, -0.2) is 18.0 Å². The molecule has 114 valence electrons. The van der Waals surface area contributed by atoms with E-state index in [2.05, 4.69) is 5.32 Å². The Hall–Kier alpha value is -2.62. The fourth-order valence-corrected chi connectivity index (χ4v) is 2.03. The topological polar surface area (TPSA) is 55.4 Å². The quantitative estimate of drug-likeness (QED) is 0.873. The summed E-state index contributed by atoms with van der Waals surface area (Å²) < 4.78 is 5.15. The molecule has 1 amide bonds. The van der Waals surface area contributed by atoms with Gasteiger partial charge in [-0.05, 0) is 50.6 Å². The summed E-state index contributed by atoms with van der Waals surface area (Å²) in [4.78, 5) is 24.1. The first-order valence-corrected chi connectivity index (χ1v) is 7.15. The van der Waals surface area contributed by atoms with Crippen LogP contribution in [-0.2, 0) is 4.74 Å². The van der Waals surface area contributed by atoms with Gasteiger partial charge in [0.1, 0.15) is 0 Å². The number of carbonyl (C=O) groups is 2. The molecule has 4 nitrogen and oxygen atoms in total. The zero-order valence-corrected chi connectivity index (χ0v) is 12.9. The van der Waals surface area contributed by atoms with Crippen LogP contribution < -0.4 is 5.32 Å². The molecule has 0 radical (unpaired) electrons. The number of aryl methyl sites for hydroxylation is 1. The maximum Gasteiger partial charge on any atom is 0.338 e. The fourth-order valence-electron chi connectivity index (χ4n) is 2.03. The zero-order valence-electron chi connectivity index (χ0n) is 12.9. The van der Waals surface area contributed by atoms with Gasteiger partial charge >= 0.3 is 5.97 Å². The number of benzene rings is 2. The minimum Gasteiger partial charge on any atom is -0.459 e. The van der Waals surface area contributed by atoms with Crippen LogP contribution in [0, 0.1) is 6.92 Å². The maximum atomic E-state index is 12.3. The number of anilines is 1. The van der Waals surface area contributed by atoms with Crippen LogP contribution in [0.2, 0.25) is 0 Å². The summed E-state index contributed by atoms with van der Waals surface area (Å²) in [5.74, 6) is -0.602. The smallest absolute Gasteiger partial charge is 0.338 e. The molecular formula is C18H19NO3. The molecule has 0 saturated carbocycles. The number of carbonyl (C=O) groups excluding carboxylic acids is 2. The van der Waals surface area contributed by atoms with Gasteiger partial charge in [0.05, 0.1) is 11.7 Å². The Morgan fingerprint density at radius 2 is 1.77 bits per heavy atom. The highest BCUT2D eigenvalue weighted by Crippen LogP contribution is 2.15. The van der Waals surface area contributed by atoms with E-state index in [0.29, 0.717) is 16.8 Å². The third-order valence-corrected chi connectivity index (χ3v) is 3.09. The van der Waals surface area contributed by atoms with Crippen LogP contribution in [0.3, 0.4) is 0 Å². The lowest BCUT2D eigenvalue weighted by Gasteiger charge is -2.10. The highest BCUT2D eigenvalue weighted by atomic mass is 16.5. The lowest BCUT2D eigenvalue weighted by molar-refractivity contribution is 0.0378. The van der Waals surface area contributed by atoms with Crippen molar-refractivity contribution in [2.24, 2.45) is 0 Å². The molecule has 0 aliphatic carbocycles. The van der Waals surface area contributed by atoms with Gasteiger partial charge in [0.2, 0.25) is 0 Å². The second kappa shape index (κ2) is 6.89. The van der Waals surface area contributed by atoms with Gasteiger partial charge in [0, 0.05) is 11.3 Å². The number of esters is 1. The number of ether oxygens (including phenoxy) is 1. The van der Waals surface area contributed by atoms with Crippen molar-refractivity contribution in [1.82, 2.24) is 0 Å². The molecule has 0 aromatic heterocycles. The van der Waals surface area contributed by atoms with Gasteiger partial charge in [-0.2, -0.15) is 0 Å². The number of hydrogen-bond acceptors (Lipinski definition) is 3. The molecular weight excluding hydrogens is 278 g/mol. The van der Waals surface area contributed by atoms with Crippen molar-refractivity contribution >= 4 is 17.6 Å². The van der Waals surface area contributed by atoms with Crippen molar-refractivity contribution in [3.63, 3.8) is 0 Å². The molecule has 2 aromatic carbocycles. The molecule has 0 fully saturated rings. The summed E-state index contributed by atoms with van der Waals surface area (Å²) in [6.45, 7) is 5.47. The Morgan fingerprint density at radius 3 is 2.45 bits per heavy atom. The first kappa shape index (κ1) is 15.8. The first-order valence-electron chi connectivity index (χ1n) is 7.15. The van der Waals surface area contributed by atoms with E-state index < -0.39 is 5.97 Å². The van der Waals surface area contributed by atoms with E-state index in [1.807, 2.05) is 25.1 Å². The minimum absolute atomic E-state index is 0.183. The van der Waals surface area contributed by atoms with E-state index >= 15 is 0 Å². The Balaban J connectivity index is 2.15. The van der Waals surface area contributed by atoms with Crippen LogP contribution in [0.5, 0.6) is 0 Å². The predicted octanol–water partition coefficient (Wildman–Crippen LogP) is 3.81. The van der Waals surface area contributed by atoms with Crippen molar-refractivity contribution in [2.45, 2.75) is 26.9 Å². The molecule has 4 heteroatoms. The number of hydrogen-bond donors (Lipinski definition) is 1. The largest absolute Gasteiger partial charge is 0.459 e. The van der Waals surface area contributed by atoms with Crippen molar-refractivity contribution in [3.05, 3.63) is 65.2 Å². The Kier molecular flexibility index (Phi) is 4.94. The summed E-state index contributed by atoms with van der Waals surface area (Å²) >= 11 is 0. The monoisotopic (exact) mass is 297 g/mol. The summed E-state index contributed by atoms with van der Waals surface area (Å²) in [7, 11) is 0. The third kappa shape index (κ3) is 3.95. The summed E-state index contributed by atoms with van der Waals surface area (Å²) in [6.07, 6.45) is -0.183. The summed E-state index contributed by atoms with van der Waals surface area (Å²) in [6, 6.07) is 14.1. The van der Waals surface area contributed by atoms with Crippen LogP contribution in [0.25, 0.3) is 0 Å². The fraction of sp³-hybridized carbons (Fsp3) is 0.222. The van der Waals surface area contributed by atoms with Gasteiger partial charge in [-0.25, -0.2) is 4.79 Å². The van der Waals surface area contributed by atoms with Gasteiger partial charge < -0.3 is 10.1 Å². The molecule has 2 rings (SSSR count). The van der Waals surface area contributed by atoms with Gasteiger partial charge in [0.15, 0.2) is 0 Å². The van der Waals surface area contributed by atoms with Crippen molar-refractivity contribution < 1.29 is 14.3 Å². The van der Waals surface area contributed by atoms with E-state index in [9.17, 15) is 9.59 Å². The SMILES string of the molecule is Cc1ccccc1C(=O)Nc1cccc(C(=O)OC(C)C)c1. The van der Waals surface area contributed by atoms with E-state index in [-0.39, 0.29) is 12.0 Å². The molecule has 0 saturated heterocycles. The van der Waals surface area contributed by atoms with Gasteiger partial charge in [-0.3, -0.25) is 4.79 Å². The molecule has 2 aromatic rings. The van der Waals surface area contributed by atoms with Gasteiger partial charge in [0.25, 0.3) is 5.91 Å². The number of amides is 1. The van der Waals surface area contributed by atoms with Crippen LogP contribution >= 0.6 is 0 Å². The molecule has 0 spiro atoms. The highest BCUT2D eigenvalue weighted by Gasteiger charge is 2.12. The first-order chi connectivity index (χ1) is 10.5. The minimum atomic E-state index is -0.401. The summed E-state index contributed by atoms with van der Waals surface area (Å²) in [5.41, 5.74) is 2.48. The Labute approximate surface area is 130 Å². The Bertz CT molecular complexity index is 692. The normalized spacial score (nSPS) is 10.4. The molecule has 1 N–H and O–H groups in total. The second-order valence-electron chi connectivity index (χ2n) is 5.30. The van der Waals surface area contributed by atoms with Crippen molar-refractivity contribution in [2.75, 3.05) is 5.32 Å². The average molecular weight is 297 g/mol. The van der Waals surface area contributed by atoms with E-state index in [0.717, 1.165) is 5.56 Å². The zero-order chi connectivity index (χ0) is 16.1. The van der Waals surface area contributed by atoms with Crippen LogP contribution in [0.15, 0.2) is 48.5 Å². The molecule has 0 bridgehead atoms. The van der Waals surface area contributed by atoms with Gasteiger partial charge in [-0.1, -0.05) is 24.3 Å². The van der Waals surface area contributed by atoms with E-state index in [1.165, 1.54) is 0 Å². The van der Waals surface area contributed by atoms with E-state index in [1.54, 1.807) is 44.2 Å². The van der Waals surface area contributed by atoms with E-state index in [4.69, 9.17) is 4.74 Å². The molecule has 0 atom stereocenters. The molecule has 0 aliphatic heterocycles. The van der Waals surface area contributed by atoms with Crippen LogP contribution in [0.4, 0.5) is 5.69 Å². The van der Waals surface area contributed by atoms with Crippen molar-refractivity contribution in [1.29, 1.82) is 0 Å². The maximum absolute atomic E-state index is 12.3. The molecule has 0 unspecified atom stereocenters. The van der Waals surface area contributed by atoms with Gasteiger partial charge in [-0.15, -0.1) is 0 Å². The highest BCUT2D eigenvalue weighted by molar-refractivity contribution is 6.05. The third-order valence-electron chi connectivity index (χ3n) is 3.09. The lowest BCUT2D eigenvalue weighted by Crippen LogP contribution is -2.15. The number of rotatable bonds is 4. The summed E-state index contributed by atoms with van der Waals surface area (Å²) in [5, 5.41) is 2.80. The average Bonchev–Trinajstić information content (AvgIpc) is 2.47. The van der Waals surface area contributed by atoms with Crippen LogP contribution in [0.1, 0.15) is 40.1 Å². The molecule has 0 aliphatic rings. The second-order valence-corrected chi connectivity index (χ2v) is 5.30. The predicted molar refractivity (Wildman–Crippen MR) is 86.1 cm³/mol. The lowest BCUT2D eigenvalue weighted by atomic mass is 10.1. The standard InChI is InChI=1S/C18H19NO3/c1-12(2)22-18(21)14-8-6-9-15(11-14)19-17(20)16-10-5-4-7-13(16)3/h4-12H,1-3H3,(H,19,20). The van der Waals surface area contributed by atoms with Crippen molar-refractivity contribution in [3.8, 4) is 0 Å². The Morgan fingerprint density at radius 1 is 1.05 bits per heavy atom. The molecule has 22 heavy (non-hydrogen) atoms. The molecule has 0 heterocycles.